The third-order valence-electron chi connectivity index (χ3n) is 4.78. The number of hydrogen-bond acceptors (Lipinski definition) is 2. The zero-order valence-corrected chi connectivity index (χ0v) is 13.4. The van der Waals surface area contributed by atoms with Crippen molar-refractivity contribution in [3.63, 3.8) is 0 Å². The summed E-state index contributed by atoms with van der Waals surface area (Å²) in [4.78, 5) is 17.0. The molecule has 0 aliphatic carbocycles. The fourth-order valence-electron chi connectivity index (χ4n) is 3.54. The molecule has 2 N–H and O–H groups in total. The number of carbonyl (C=O) groups excluding carboxylic acids is 1. The Labute approximate surface area is 140 Å². The van der Waals surface area contributed by atoms with Gasteiger partial charge in [0.05, 0.1) is 0 Å². The molecule has 2 aromatic carbocycles. The number of nitrogens with one attached hydrogen (secondary N) is 1. The van der Waals surface area contributed by atoms with Gasteiger partial charge >= 0.3 is 0 Å². The van der Waals surface area contributed by atoms with Gasteiger partial charge in [-0.3, -0.25) is 4.79 Å². The summed E-state index contributed by atoms with van der Waals surface area (Å²) in [6, 6.07) is 18.5. The molecule has 1 fully saturated rings. The van der Waals surface area contributed by atoms with Crippen molar-refractivity contribution in [1.29, 1.82) is 0 Å². The zero-order valence-electron chi connectivity index (χ0n) is 13.4. The minimum atomic E-state index is -0.636. The molecule has 24 heavy (non-hydrogen) atoms. The molecule has 1 saturated heterocycles. The molecule has 1 aliphatic rings. The Bertz CT molecular complexity index is 870. The van der Waals surface area contributed by atoms with Gasteiger partial charge in [-0.15, -0.1) is 0 Å². The van der Waals surface area contributed by atoms with Gasteiger partial charge in [-0.1, -0.05) is 48.5 Å². The molecular weight excluding hydrogens is 300 g/mol. The average molecular weight is 320 g/mol. The number of aromatic nitrogens is 1. The van der Waals surface area contributed by atoms with Crippen LogP contribution >= 0.6 is 0 Å². The summed E-state index contributed by atoms with van der Waals surface area (Å²) in [5.74, 6) is 0.0450. The highest BCUT2D eigenvalue weighted by Crippen LogP contribution is 2.31. The molecule has 1 aromatic heterocycles. The lowest BCUT2D eigenvalue weighted by molar-refractivity contribution is -0.133. The summed E-state index contributed by atoms with van der Waals surface area (Å²) in [7, 11) is 0. The second-order valence-electron chi connectivity index (χ2n) is 6.25. The van der Waals surface area contributed by atoms with E-state index in [1.165, 1.54) is 10.9 Å². The molecule has 0 radical (unpaired) electrons. The van der Waals surface area contributed by atoms with E-state index in [1.807, 2.05) is 30.3 Å². The van der Waals surface area contributed by atoms with E-state index in [0.717, 1.165) is 23.2 Å². The number of para-hydroxylation sites is 1. The highest BCUT2D eigenvalue weighted by molar-refractivity contribution is 5.91. The molecule has 0 saturated carbocycles. The molecule has 1 atom stereocenters. The van der Waals surface area contributed by atoms with Crippen molar-refractivity contribution in [2.24, 2.45) is 0 Å². The van der Waals surface area contributed by atoms with Crippen LogP contribution in [0.2, 0.25) is 0 Å². The Morgan fingerprint density at radius 1 is 1.08 bits per heavy atom. The topological polar surface area (TPSA) is 56.3 Å². The summed E-state index contributed by atoms with van der Waals surface area (Å²) < 4.78 is 0. The quantitative estimate of drug-likeness (QED) is 0.775. The van der Waals surface area contributed by atoms with Crippen LogP contribution in [-0.4, -0.2) is 33.7 Å². The van der Waals surface area contributed by atoms with Crippen LogP contribution in [0, 0.1) is 0 Å². The smallest absolute Gasteiger partial charge is 0.224 e. The first-order valence-electron chi connectivity index (χ1n) is 8.36. The predicted molar refractivity (Wildman–Crippen MR) is 94.4 cm³/mol. The first kappa shape index (κ1) is 15.0. The number of hydrogen-bond donors (Lipinski definition) is 2. The number of carbonyl (C=O) groups is 1. The fraction of sp³-hybridized carbons (Fsp3) is 0.250. The molecule has 1 amide bonds. The molecule has 4 nitrogen and oxygen atoms in total. The van der Waals surface area contributed by atoms with E-state index in [2.05, 4.69) is 29.2 Å². The van der Waals surface area contributed by atoms with E-state index in [4.69, 9.17) is 0 Å². The Hall–Kier alpha value is -2.59. The summed E-state index contributed by atoms with van der Waals surface area (Å²) in [6.45, 7) is 0.543. The van der Waals surface area contributed by atoms with E-state index in [9.17, 15) is 9.90 Å². The van der Waals surface area contributed by atoms with Gasteiger partial charge in [-0.2, -0.15) is 0 Å². The Morgan fingerprint density at radius 2 is 1.83 bits per heavy atom. The number of H-pyrrole nitrogens is 1. The molecular formula is C20H20N2O2. The minimum absolute atomic E-state index is 0.0450. The minimum Gasteiger partial charge on any atom is -0.374 e. The van der Waals surface area contributed by atoms with Crippen molar-refractivity contribution in [2.45, 2.75) is 25.5 Å². The zero-order chi connectivity index (χ0) is 16.5. The number of nitrogens with zero attached hydrogens (tertiary/aromatic N) is 1. The lowest BCUT2D eigenvalue weighted by atomic mass is 10.0. The Kier molecular flexibility index (Phi) is 3.82. The average Bonchev–Trinajstić information content (AvgIpc) is 3.14. The number of amides is 1. The maximum absolute atomic E-state index is 11.9. The number of aliphatic hydroxyl groups is 1. The van der Waals surface area contributed by atoms with Gasteiger partial charge in [0.1, 0.15) is 6.23 Å². The Balaban J connectivity index is 1.72. The van der Waals surface area contributed by atoms with Gasteiger partial charge in [-0.05, 0) is 23.6 Å². The lowest BCUT2D eigenvalue weighted by Crippen LogP contribution is -2.34. The molecule has 3 aromatic rings. The van der Waals surface area contributed by atoms with Crippen molar-refractivity contribution in [1.82, 2.24) is 9.88 Å². The van der Waals surface area contributed by atoms with Gasteiger partial charge in [0.2, 0.25) is 5.91 Å². The van der Waals surface area contributed by atoms with Crippen molar-refractivity contribution in [3.05, 3.63) is 60.2 Å². The number of rotatable bonds is 4. The Morgan fingerprint density at radius 3 is 2.58 bits per heavy atom. The number of benzene rings is 2. The number of likely N-dealkylation sites (tertiary alicyclic amines) is 1. The highest BCUT2D eigenvalue weighted by atomic mass is 16.3. The molecule has 2 heterocycles. The standard InChI is InChI=1S/C20H20N2O2/c23-18-10-11-19(24)22(18)13-12-16-15-8-4-5-9-17(15)21-20(16)14-6-2-1-3-7-14/h1-9,18,21,23H,10-13H2. The fourth-order valence-corrected chi connectivity index (χ4v) is 3.54. The summed E-state index contributed by atoms with van der Waals surface area (Å²) >= 11 is 0. The van der Waals surface area contributed by atoms with Gasteiger partial charge in [0.15, 0.2) is 0 Å². The largest absolute Gasteiger partial charge is 0.374 e. The van der Waals surface area contributed by atoms with E-state index >= 15 is 0 Å². The van der Waals surface area contributed by atoms with Crippen LogP contribution in [0.25, 0.3) is 22.2 Å². The molecule has 0 bridgehead atoms. The maximum Gasteiger partial charge on any atom is 0.224 e. The van der Waals surface area contributed by atoms with Crippen molar-refractivity contribution >= 4 is 16.8 Å². The van der Waals surface area contributed by atoms with Crippen LogP contribution in [0.5, 0.6) is 0 Å². The van der Waals surface area contributed by atoms with Crippen molar-refractivity contribution in [3.8, 4) is 11.3 Å². The maximum atomic E-state index is 11.9. The van der Waals surface area contributed by atoms with E-state index in [1.54, 1.807) is 4.90 Å². The summed E-state index contributed by atoms with van der Waals surface area (Å²) in [5.41, 5.74) is 4.53. The third-order valence-corrected chi connectivity index (χ3v) is 4.78. The third kappa shape index (κ3) is 2.59. The monoisotopic (exact) mass is 320 g/mol. The van der Waals surface area contributed by atoms with Crippen LogP contribution in [0.4, 0.5) is 0 Å². The van der Waals surface area contributed by atoms with E-state index in [0.29, 0.717) is 19.4 Å². The SMILES string of the molecule is O=C1CCC(O)N1CCc1c(-c2ccccc2)[nH]c2ccccc12. The van der Waals surface area contributed by atoms with Crippen LogP contribution in [-0.2, 0) is 11.2 Å². The van der Waals surface area contributed by atoms with E-state index < -0.39 is 6.23 Å². The molecule has 1 unspecified atom stereocenters. The predicted octanol–water partition coefficient (Wildman–Crippen LogP) is 3.32. The normalized spacial score (nSPS) is 17.8. The summed E-state index contributed by atoms with van der Waals surface area (Å²) in [5, 5.41) is 11.2. The highest BCUT2D eigenvalue weighted by Gasteiger charge is 2.29. The van der Waals surface area contributed by atoms with Gasteiger partial charge in [0.25, 0.3) is 0 Å². The summed E-state index contributed by atoms with van der Waals surface area (Å²) in [6.07, 6.45) is 1.07. The first-order chi connectivity index (χ1) is 11.7. The molecule has 4 rings (SSSR count). The van der Waals surface area contributed by atoms with Gasteiger partial charge in [0, 0.05) is 36.0 Å². The van der Waals surface area contributed by atoms with E-state index in [-0.39, 0.29) is 5.91 Å². The first-order valence-corrected chi connectivity index (χ1v) is 8.36. The number of fused-ring (bicyclic) bond motifs is 1. The second kappa shape index (κ2) is 6.13. The molecule has 122 valence electrons. The van der Waals surface area contributed by atoms with Crippen LogP contribution in [0.1, 0.15) is 18.4 Å². The lowest BCUT2D eigenvalue weighted by Gasteiger charge is -2.20. The second-order valence-corrected chi connectivity index (χ2v) is 6.25. The van der Waals surface area contributed by atoms with Crippen LogP contribution < -0.4 is 0 Å². The van der Waals surface area contributed by atoms with Gasteiger partial charge < -0.3 is 15.0 Å². The van der Waals surface area contributed by atoms with Crippen LogP contribution in [0.3, 0.4) is 0 Å². The van der Waals surface area contributed by atoms with Crippen molar-refractivity contribution < 1.29 is 9.90 Å². The molecule has 4 heteroatoms. The molecule has 1 aliphatic heterocycles. The van der Waals surface area contributed by atoms with Crippen molar-refractivity contribution in [2.75, 3.05) is 6.54 Å². The number of aliphatic hydroxyl groups excluding tert-OH is 1. The van der Waals surface area contributed by atoms with Gasteiger partial charge in [-0.25, -0.2) is 0 Å². The number of aromatic amines is 1. The van der Waals surface area contributed by atoms with Crippen LogP contribution in [0.15, 0.2) is 54.6 Å². The molecule has 0 spiro atoms.